The summed E-state index contributed by atoms with van der Waals surface area (Å²) < 4.78 is 26.0. The van der Waals surface area contributed by atoms with E-state index in [0.717, 1.165) is 0 Å². The molecule has 0 aromatic heterocycles. The van der Waals surface area contributed by atoms with Crippen molar-refractivity contribution in [2.24, 2.45) is 0 Å². The number of carbonyl (C=O) groups excluding carboxylic acids is 1. The zero-order chi connectivity index (χ0) is 14.8. The monoisotopic (exact) mass is 314 g/mol. The first-order valence-electron chi connectivity index (χ1n) is 6.82. The van der Waals surface area contributed by atoms with Gasteiger partial charge < -0.3 is 9.47 Å². The van der Waals surface area contributed by atoms with E-state index >= 15 is 0 Å². The average Bonchev–Trinajstić information content (AvgIpc) is 2.89. The van der Waals surface area contributed by atoms with Gasteiger partial charge in [0, 0.05) is 19.1 Å². The largest absolute Gasteiger partial charge is 0.472 e. The highest BCUT2D eigenvalue weighted by Gasteiger charge is 2.36. The molecule has 0 spiro atoms. The van der Waals surface area contributed by atoms with Gasteiger partial charge in [-0.2, -0.15) is 4.58 Å². The third-order valence-electron chi connectivity index (χ3n) is 3.72. The number of ether oxygens (including phenoxy) is 2. The molecule has 7 heteroatoms. The third kappa shape index (κ3) is 2.84. The molecule has 1 fully saturated rings. The zero-order valence-corrected chi connectivity index (χ0v) is 12.1. The summed E-state index contributed by atoms with van der Waals surface area (Å²) in [6.45, 7) is 2.60. The maximum absolute atomic E-state index is 14.3. The van der Waals surface area contributed by atoms with Crippen LogP contribution < -0.4 is 0 Å². The number of nitrogens with zero attached hydrogens (tertiary/aromatic N) is 2. The minimum Gasteiger partial charge on any atom is -0.472 e. The highest BCUT2D eigenvalue weighted by molar-refractivity contribution is 6.19. The van der Waals surface area contributed by atoms with Crippen molar-refractivity contribution in [2.45, 2.75) is 12.1 Å². The molecule has 1 aliphatic carbocycles. The van der Waals surface area contributed by atoms with Crippen LogP contribution in [0, 0.1) is 6.04 Å². The van der Waals surface area contributed by atoms with E-state index in [1.54, 1.807) is 12.2 Å². The molecule has 3 rings (SSSR count). The zero-order valence-electron chi connectivity index (χ0n) is 11.4. The summed E-state index contributed by atoms with van der Waals surface area (Å²) in [7, 11) is 0. The molecule has 0 N–H and O–H groups in total. The standard InChI is InChI=1S/C14H16ClFN2O3/c15-8-13-14(19)18(9-21-13)10-1-2-12(11(16)7-10)17-3-5-20-6-4-17/h1-2,7,9,12-13H,3-6,8H2/t12?,13-/m0/s1. The molecule has 0 aromatic rings. The maximum Gasteiger partial charge on any atom is 0.371 e. The minimum absolute atomic E-state index is 0.0748. The molecule has 21 heavy (non-hydrogen) atoms. The van der Waals surface area contributed by atoms with Gasteiger partial charge in [0.25, 0.3) is 6.40 Å². The number of rotatable bonds is 3. The number of amides is 1. The van der Waals surface area contributed by atoms with E-state index in [-0.39, 0.29) is 23.7 Å². The van der Waals surface area contributed by atoms with Crippen molar-refractivity contribution in [1.29, 1.82) is 0 Å². The molecule has 0 bridgehead atoms. The van der Waals surface area contributed by atoms with Gasteiger partial charge in [0.05, 0.1) is 24.9 Å². The molecular weight excluding hydrogens is 299 g/mol. The van der Waals surface area contributed by atoms with E-state index in [2.05, 4.69) is 0 Å². The van der Waals surface area contributed by atoms with Crippen molar-refractivity contribution >= 4 is 23.9 Å². The molecular formula is C14H16ClFN2O3. The highest BCUT2D eigenvalue weighted by Crippen LogP contribution is 2.26. The lowest BCUT2D eigenvalue weighted by Crippen LogP contribution is -2.44. The molecule has 0 radical (unpaired) electrons. The Balaban J connectivity index is 1.70. The molecule has 3 aliphatic rings. The Morgan fingerprint density at radius 3 is 2.86 bits per heavy atom. The molecule has 2 aliphatic heterocycles. The first-order valence-corrected chi connectivity index (χ1v) is 7.36. The Bertz CT molecular complexity index is 514. The van der Waals surface area contributed by atoms with Gasteiger partial charge >= 0.3 is 5.91 Å². The van der Waals surface area contributed by atoms with Gasteiger partial charge in [0.15, 0.2) is 0 Å². The second kappa shape index (κ2) is 6.17. The lowest BCUT2D eigenvalue weighted by Gasteiger charge is -2.35. The highest BCUT2D eigenvalue weighted by atomic mass is 35.5. The van der Waals surface area contributed by atoms with Crippen LogP contribution in [0.3, 0.4) is 0 Å². The Labute approximate surface area is 127 Å². The van der Waals surface area contributed by atoms with Gasteiger partial charge in [-0.05, 0) is 6.08 Å². The predicted octanol–water partition coefficient (Wildman–Crippen LogP) is 0.847. The molecule has 2 heterocycles. The average molecular weight is 315 g/mol. The number of alkyl halides is 1. The molecule has 0 saturated carbocycles. The number of morpholine rings is 1. The molecule has 114 valence electrons. The van der Waals surface area contributed by atoms with Gasteiger partial charge in [-0.3, -0.25) is 14.1 Å². The van der Waals surface area contributed by atoms with Gasteiger partial charge in [-0.1, -0.05) is 6.08 Å². The second-order valence-electron chi connectivity index (χ2n) is 5.00. The lowest BCUT2D eigenvalue weighted by molar-refractivity contribution is -0.412. The van der Waals surface area contributed by atoms with E-state index in [0.29, 0.717) is 32.3 Å². The van der Waals surface area contributed by atoms with Gasteiger partial charge in [0.1, 0.15) is 6.04 Å². The smallest absolute Gasteiger partial charge is 0.371 e. The van der Waals surface area contributed by atoms with Gasteiger partial charge in [-0.15, -0.1) is 17.7 Å². The summed E-state index contributed by atoms with van der Waals surface area (Å²) in [5.41, 5.74) is 0. The van der Waals surface area contributed by atoms with E-state index in [1.807, 2.05) is 4.90 Å². The quantitative estimate of drug-likeness (QED) is 0.440. The maximum atomic E-state index is 14.3. The van der Waals surface area contributed by atoms with Crippen LogP contribution in [0.5, 0.6) is 0 Å². The summed E-state index contributed by atoms with van der Waals surface area (Å²) in [6, 6.07) is 0.0646. The number of carbonyl (C=O) groups is 1. The fourth-order valence-corrected chi connectivity index (χ4v) is 2.75. The SMILES string of the molecule is O=C1[C@H](CCl)OC=[N+]1[C-]1C=CC(N2CCOCC2)C(F)=C1. The van der Waals surface area contributed by atoms with Crippen LogP contribution in [0.15, 0.2) is 24.1 Å². The van der Waals surface area contributed by atoms with E-state index in [9.17, 15) is 9.18 Å². The molecule has 1 amide bonds. The van der Waals surface area contributed by atoms with Gasteiger partial charge in [0.2, 0.25) is 6.10 Å². The molecule has 2 atom stereocenters. The van der Waals surface area contributed by atoms with Crippen molar-refractivity contribution in [2.75, 3.05) is 32.2 Å². The fraction of sp³-hybridized carbons (Fsp3) is 0.500. The first-order chi connectivity index (χ1) is 10.2. The predicted molar refractivity (Wildman–Crippen MR) is 74.7 cm³/mol. The minimum atomic E-state index is -0.694. The number of halogens is 2. The van der Waals surface area contributed by atoms with Crippen LogP contribution in [0.2, 0.25) is 0 Å². The van der Waals surface area contributed by atoms with Crippen molar-refractivity contribution in [3.8, 4) is 0 Å². The van der Waals surface area contributed by atoms with E-state index in [1.165, 1.54) is 17.1 Å². The van der Waals surface area contributed by atoms with Crippen LogP contribution in [-0.4, -0.2) is 66.1 Å². The normalized spacial score (nSPS) is 30.2. The van der Waals surface area contributed by atoms with Crippen LogP contribution in [-0.2, 0) is 14.3 Å². The van der Waals surface area contributed by atoms with Crippen molar-refractivity contribution in [3.63, 3.8) is 0 Å². The molecule has 5 nitrogen and oxygen atoms in total. The van der Waals surface area contributed by atoms with E-state index < -0.39 is 6.10 Å². The van der Waals surface area contributed by atoms with Crippen LogP contribution >= 0.6 is 11.6 Å². The van der Waals surface area contributed by atoms with Crippen LogP contribution in [0.25, 0.3) is 0 Å². The summed E-state index contributed by atoms with van der Waals surface area (Å²) in [5.74, 6) is -0.491. The summed E-state index contributed by atoms with van der Waals surface area (Å²) >= 11 is 5.63. The van der Waals surface area contributed by atoms with E-state index in [4.69, 9.17) is 21.1 Å². The Morgan fingerprint density at radius 1 is 1.48 bits per heavy atom. The van der Waals surface area contributed by atoms with Crippen LogP contribution in [0.4, 0.5) is 4.39 Å². The summed E-state index contributed by atoms with van der Waals surface area (Å²) in [4.78, 5) is 14.0. The molecule has 1 unspecified atom stereocenters. The number of hydrogen-bond donors (Lipinski definition) is 0. The Hall–Kier alpha value is -1.37. The van der Waals surface area contributed by atoms with Crippen molar-refractivity contribution in [1.82, 2.24) is 4.90 Å². The Morgan fingerprint density at radius 2 is 2.24 bits per heavy atom. The van der Waals surface area contributed by atoms with Gasteiger partial charge in [-0.25, -0.2) is 0 Å². The lowest BCUT2D eigenvalue weighted by atomic mass is 10.0. The summed E-state index contributed by atoms with van der Waals surface area (Å²) in [6.07, 6.45) is 5.45. The fourth-order valence-electron chi connectivity index (χ4n) is 2.55. The van der Waals surface area contributed by atoms with Crippen molar-refractivity contribution < 1.29 is 23.2 Å². The Kier molecular flexibility index (Phi) is 4.28. The second-order valence-corrected chi connectivity index (χ2v) is 5.31. The molecule has 0 aromatic carbocycles. The number of hydrogen-bond acceptors (Lipinski definition) is 4. The van der Waals surface area contributed by atoms with Crippen LogP contribution in [0.1, 0.15) is 0 Å². The topological polar surface area (TPSA) is 41.8 Å². The summed E-state index contributed by atoms with van der Waals surface area (Å²) in [5, 5.41) is 0. The third-order valence-corrected chi connectivity index (χ3v) is 4.00. The van der Waals surface area contributed by atoms with Crippen molar-refractivity contribution in [3.05, 3.63) is 30.1 Å². The molecule has 1 saturated heterocycles. The first kappa shape index (κ1) is 14.6.